The molecule has 3 nitrogen and oxygen atoms in total. The first-order valence-electron chi connectivity index (χ1n) is 8.20. The number of fused-ring (bicyclic) bond motifs is 2. The number of hydrogen-bond donors (Lipinski definition) is 1. The van der Waals surface area contributed by atoms with Crippen molar-refractivity contribution in [2.45, 2.75) is 12.8 Å². The number of nitrogens with zero attached hydrogens (tertiary/aromatic N) is 1. The van der Waals surface area contributed by atoms with E-state index in [0.29, 0.717) is 11.8 Å². The molecule has 2 heterocycles. The molecule has 1 N–H and O–H groups in total. The van der Waals surface area contributed by atoms with Gasteiger partial charge in [-0.1, -0.05) is 42.5 Å². The normalized spacial score (nSPS) is 24.3. The van der Waals surface area contributed by atoms with Gasteiger partial charge in [-0.05, 0) is 35.1 Å². The molecule has 2 aromatic rings. The fraction of sp³-hybridized carbons (Fsp3) is 0.421. The van der Waals surface area contributed by atoms with E-state index in [1.165, 1.54) is 10.8 Å². The lowest BCUT2D eigenvalue weighted by atomic mass is 9.96. The number of carbonyl (C=O) groups excluding carboxylic acids is 1. The Balaban J connectivity index is 0.00000156. The van der Waals surface area contributed by atoms with E-state index >= 15 is 0 Å². The van der Waals surface area contributed by atoms with Gasteiger partial charge >= 0.3 is 0 Å². The third-order valence-electron chi connectivity index (χ3n) is 5.35. The predicted octanol–water partition coefficient (Wildman–Crippen LogP) is 3.04. The second-order valence-electron chi connectivity index (χ2n) is 6.75. The fourth-order valence-corrected chi connectivity index (χ4v) is 3.93. The van der Waals surface area contributed by atoms with Crippen molar-refractivity contribution in [3.63, 3.8) is 0 Å². The summed E-state index contributed by atoms with van der Waals surface area (Å²) in [5, 5.41) is 5.87. The van der Waals surface area contributed by atoms with E-state index in [1.54, 1.807) is 0 Å². The zero-order chi connectivity index (χ0) is 15.1. The van der Waals surface area contributed by atoms with E-state index in [0.717, 1.165) is 31.7 Å². The lowest BCUT2D eigenvalue weighted by Gasteiger charge is -2.22. The van der Waals surface area contributed by atoms with Crippen molar-refractivity contribution >= 4 is 29.1 Å². The lowest BCUT2D eigenvalue weighted by Crippen LogP contribution is -2.34. The van der Waals surface area contributed by atoms with Crippen LogP contribution >= 0.6 is 12.4 Å². The Kier molecular flexibility index (Phi) is 4.60. The molecular weight excluding hydrogens is 308 g/mol. The fourth-order valence-electron chi connectivity index (χ4n) is 3.93. The van der Waals surface area contributed by atoms with Crippen molar-refractivity contribution in [2.24, 2.45) is 11.8 Å². The van der Waals surface area contributed by atoms with Crippen molar-refractivity contribution in [2.75, 3.05) is 26.2 Å². The van der Waals surface area contributed by atoms with Gasteiger partial charge < -0.3 is 10.2 Å². The highest BCUT2D eigenvalue weighted by atomic mass is 35.5. The minimum Gasteiger partial charge on any atom is -0.342 e. The van der Waals surface area contributed by atoms with Gasteiger partial charge in [0.05, 0.1) is 5.92 Å². The van der Waals surface area contributed by atoms with Crippen molar-refractivity contribution < 1.29 is 4.79 Å². The van der Waals surface area contributed by atoms with Gasteiger partial charge in [-0.15, -0.1) is 12.4 Å². The Morgan fingerprint density at radius 1 is 1.09 bits per heavy atom. The number of likely N-dealkylation sites (tertiary alicyclic amines) is 1. The molecule has 4 rings (SSSR count). The molecule has 4 heteroatoms. The van der Waals surface area contributed by atoms with Gasteiger partial charge in [0.1, 0.15) is 0 Å². The number of hydrogen-bond acceptors (Lipinski definition) is 2. The molecule has 0 spiro atoms. The minimum atomic E-state index is -0.0589. The maximum absolute atomic E-state index is 12.8. The van der Waals surface area contributed by atoms with Crippen molar-refractivity contribution in [1.29, 1.82) is 0 Å². The molecule has 2 aromatic carbocycles. The van der Waals surface area contributed by atoms with Crippen molar-refractivity contribution in [3.05, 3.63) is 48.0 Å². The third kappa shape index (κ3) is 2.96. The first-order chi connectivity index (χ1) is 10.7. The number of amides is 1. The summed E-state index contributed by atoms with van der Waals surface area (Å²) in [6, 6.07) is 14.7. The molecule has 2 fully saturated rings. The molecule has 0 aromatic heterocycles. The highest BCUT2D eigenvalue weighted by molar-refractivity contribution is 5.87. The Morgan fingerprint density at radius 2 is 1.74 bits per heavy atom. The molecule has 23 heavy (non-hydrogen) atoms. The molecule has 2 aliphatic rings. The summed E-state index contributed by atoms with van der Waals surface area (Å²) in [6.07, 6.45) is 0. The van der Waals surface area contributed by atoms with E-state index < -0.39 is 0 Å². The van der Waals surface area contributed by atoms with Crippen LogP contribution < -0.4 is 5.32 Å². The molecule has 2 saturated heterocycles. The van der Waals surface area contributed by atoms with Crippen LogP contribution in [0, 0.1) is 11.8 Å². The van der Waals surface area contributed by atoms with Crippen LogP contribution in [0.15, 0.2) is 42.5 Å². The standard InChI is InChI=1S/C19H22N2O.ClH/c1-13(15-7-6-14-4-2-3-5-16(14)8-15)19(22)21-11-17-9-20-10-18(17)12-21;/h2-8,13,17-18,20H,9-12H2,1H3;1H/t13?,17-,18+;. The van der Waals surface area contributed by atoms with Crippen molar-refractivity contribution in [3.8, 4) is 0 Å². The van der Waals surface area contributed by atoms with Crippen molar-refractivity contribution in [1.82, 2.24) is 10.2 Å². The zero-order valence-electron chi connectivity index (χ0n) is 13.4. The smallest absolute Gasteiger partial charge is 0.229 e. The molecule has 2 aliphatic heterocycles. The van der Waals surface area contributed by atoms with Crippen LogP contribution in [0.25, 0.3) is 10.8 Å². The number of nitrogens with one attached hydrogen (secondary N) is 1. The summed E-state index contributed by atoms with van der Waals surface area (Å²) in [6.45, 7) is 6.03. The van der Waals surface area contributed by atoms with Gasteiger partial charge in [-0.2, -0.15) is 0 Å². The number of benzene rings is 2. The van der Waals surface area contributed by atoms with Crippen LogP contribution in [0.1, 0.15) is 18.4 Å². The van der Waals surface area contributed by atoms with Gasteiger partial charge in [0, 0.05) is 26.2 Å². The second-order valence-corrected chi connectivity index (χ2v) is 6.75. The average molecular weight is 331 g/mol. The van der Waals surface area contributed by atoms with Crippen LogP contribution in [0.3, 0.4) is 0 Å². The molecular formula is C19H23ClN2O. The molecule has 122 valence electrons. The number of halogens is 1. The summed E-state index contributed by atoms with van der Waals surface area (Å²) in [5.41, 5.74) is 1.12. The van der Waals surface area contributed by atoms with Crippen LogP contribution in [0.2, 0.25) is 0 Å². The molecule has 3 atom stereocenters. The molecule has 0 bridgehead atoms. The van der Waals surface area contributed by atoms with E-state index in [1.807, 2.05) is 19.1 Å². The monoisotopic (exact) mass is 330 g/mol. The van der Waals surface area contributed by atoms with Crippen LogP contribution in [-0.4, -0.2) is 37.0 Å². The maximum Gasteiger partial charge on any atom is 0.229 e. The highest BCUT2D eigenvalue weighted by Gasteiger charge is 2.39. The predicted molar refractivity (Wildman–Crippen MR) is 96.0 cm³/mol. The Morgan fingerprint density at radius 3 is 2.43 bits per heavy atom. The summed E-state index contributed by atoms with van der Waals surface area (Å²) < 4.78 is 0. The first kappa shape index (κ1) is 16.3. The van der Waals surface area contributed by atoms with Crippen LogP contribution in [-0.2, 0) is 4.79 Å². The van der Waals surface area contributed by atoms with Gasteiger partial charge in [0.2, 0.25) is 5.91 Å². The number of rotatable bonds is 2. The van der Waals surface area contributed by atoms with E-state index in [4.69, 9.17) is 0 Å². The topological polar surface area (TPSA) is 32.3 Å². The third-order valence-corrected chi connectivity index (χ3v) is 5.35. The molecule has 0 radical (unpaired) electrons. The minimum absolute atomic E-state index is 0. The van der Waals surface area contributed by atoms with E-state index in [-0.39, 0.29) is 24.2 Å². The quantitative estimate of drug-likeness (QED) is 0.918. The Bertz CT molecular complexity index is 705. The maximum atomic E-state index is 12.8. The second kappa shape index (κ2) is 6.50. The summed E-state index contributed by atoms with van der Waals surface area (Å²) >= 11 is 0. The van der Waals surface area contributed by atoms with Crippen LogP contribution in [0.5, 0.6) is 0 Å². The zero-order valence-corrected chi connectivity index (χ0v) is 14.2. The Labute approximate surface area is 143 Å². The lowest BCUT2D eigenvalue weighted by molar-refractivity contribution is -0.131. The summed E-state index contributed by atoms with van der Waals surface area (Å²) in [7, 11) is 0. The van der Waals surface area contributed by atoms with E-state index in [2.05, 4.69) is 40.5 Å². The Hall–Kier alpha value is -1.58. The number of carbonyl (C=O) groups is 1. The molecule has 1 amide bonds. The van der Waals surface area contributed by atoms with Gasteiger partial charge in [0.15, 0.2) is 0 Å². The summed E-state index contributed by atoms with van der Waals surface area (Å²) in [5.74, 6) is 1.54. The largest absolute Gasteiger partial charge is 0.342 e. The molecule has 0 aliphatic carbocycles. The van der Waals surface area contributed by atoms with Crippen LogP contribution in [0.4, 0.5) is 0 Å². The van der Waals surface area contributed by atoms with Gasteiger partial charge in [0.25, 0.3) is 0 Å². The molecule has 0 saturated carbocycles. The van der Waals surface area contributed by atoms with Gasteiger partial charge in [-0.3, -0.25) is 4.79 Å². The van der Waals surface area contributed by atoms with E-state index in [9.17, 15) is 4.79 Å². The first-order valence-corrected chi connectivity index (χ1v) is 8.20. The molecule has 1 unspecified atom stereocenters. The SMILES string of the molecule is CC(C(=O)N1C[C@H]2CNC[C@H]2C1)c1ccc2ccccc2c1.Cl. The summed E-state index contributed by atoms with van der Waals surface area (Å²) in [4.78, 5) is 14.9. The van der Waals surface area contributed by atoms with Gasteiger partial charge in [-0.25, -0.2) is 0 Å². The highest BCUT2D eigenvalue weighted by Crippen LogP contribution is 2.30. The average Bonchev–Trinajstić information content (AvgIpc) is 3.14.